The van der Waals surface area contributed by atoms with Gasteiger partial charge >= 0.3 is 5.97 Å². The molecule has 0 bridgehead atoms. The second-order valence-electron chi connectivity index (χ2n) is 8.95. The summed E-state index contributed by atoms with van der Waals surface area (Å²) in [7, 11) is 0. The number of nitrogens with zero attached hydrogens (tertiary/aromatic N) is 2. The van der Waals surface area contributed by atoms with Crippen molar-refractivity contribution in [3.05, 3.63) is 125 Å². The number of allylic oxidation sites excluding steroid dienone is 1. The van der Waals surface area contributed by atoms with Crippen LogP contribution in [0.25, 0.3) is 6.08 Å². The van der Waals surface area contributed by atoms with Crippen LogP contribution in [0.1, 0.15) is 24.1 Å². The zero-order valence-electron chi connectivity index (χ0n) is 21.2. The molecule has 8 nitrogen and oxygen atoms in total. The third-order valence-electron chi connectivity index (χ3n) is 6.14. The maximum absolute atomic E-state index is 13.8. The number of aromatic nitrogens is 1. The molecule has 12 heteroatoms. The van der Waals surface area contributed by atoms with Gasteiger partial charge in [-0.1, -0.05) is 64.9 Å². The fourth-order valence-corrected chi connectivity index (χ4v) is 6.04. The van der Waals surface area contributed by atoms with Gasteiger partial charge in [0.25, 0.3) is 11.5 Å². The van der Waals surface area contributed by atoms with Crippen molar-refractivity contribution in [2.24, 2.45) is 4.99 Å². The maximum atomic E-state index is 13.8. The van der Waals surface area contributed by atoms with E-state index >= 15 is 0 Å². The number of thiazole rings is 1. The molecule has 0 radical (unpaired) electrons. The van der Waals surface area contributed by atoms with Crippen LogP contribution in [0.4, 0.5) is 10.1 Å². The molecular weight excluding hydrogens is 592 g/mol. The summed E-state index contributed by atoms with van der Waals surface area (Å²) in [6.07, 6.45) is 1.56. The van der Waals surface area contributed by atoms with Gasteiger partial charge in [-0.3, -0.25) is 14.2 Å². The molecule has 1 amide bonds. The highest BCUT2D eigenvalue weighted by Crippen LogP contribution is 2.35. The molecule has 0 aliphatic carbocycles. The van der Waals surface area contributed by atoms with Gasteiger partial charge in [0, 0.05) is 5.69 Å². The van der Waals surface area contributed by atoms with E-state index in [9.17, 15) is 18.8 Å². The van der Waals surface area contributed by atoms with E-state index in [1.54, 1.807) is 37.3 Å². The van der Waals surface area contributed by atoms with Crippen molar-refractivity contribution in [3.8, 4) is 5.75 Å². The van der Waals surface area contributed by atoms with Crippen LogP contribution in [-0.2, 0) is 9.59 Å². The van der Waals surface area contributed by atoms with Gasteiger partial charge < -0.3 is 15.2 Å². The van der Waals surface area contributed by atoms with Gasteiger partial charge in [-0.25, -0.2) is 14.2 Å². The van der Waals surface area contributed by atoms with Crippen molar-refractivity contribution < 1.29 is 23.8 Å². The summed E-state index contributed by atoms with van der Waals surface area (Å²) in [5.41, 5.74) is 1.77. The molecule has 0 fully saturated rings. The van der Waals surface area contributed by atoms with Gasteiger partial charge in [-0.05, 0) is 60.5 Å². The number of aliphatic carboxylic acids is 1. The predicted molar refractivity (Wildman–Crippen MR) is 155 cm³/mol. The van der Waals surface area contributed by atoms with E-state index in [4.69, 9.17) is 33.0 Å². The normalized spacial score (nSPS) is 14.8. The first-order valence-electron chi connectivity index (χ1n) is 12.1. The number of carboxylic acids is 1. The second kappa shape index (κ2) is 11.7. The van der Waals surface area contributed by atoms with Crippen molar-refractivity contribution in [2.75, 3.05) is 11.9 Å². The maximum Gasteiger partial charge on any atom is 0.341 e. The summed E-state index contributed by atoms with van der Waals surface area (Å²) in [5, 5.41) is 11.9. The van der Waals surface area contributed by atoms with E-state index in [1.807, 2.05) is 6.07 Å². The number of benzene rings is 3. The Morgan fingerprint density at radius 2 is 1.78 bits per heavy atom. The first-order valence-corrected chi connectivity index (χ1v) is 13.7. The summed E-state index contributed by atoms with van der Waals surface area (Å²) < 4.78 is 20.7. The number of para-hydroxylation sites is 1. The molecular formula is C29H20Cl2FN3O5S. The average molecular weight is 612 g/mol. The quantitative estimate of drug-likeness (QED) is 0.312. The van der Waals surface area contributed by atoms with Crippen molar-refractivity contribution in [2.45, 2.75) is 13.0 Å². The van der Waals surface area contributed by atoms with E-state index in [0.717, 1.165) is 11.3 Å². The lowest BCUT2D eigenvalue weighted by Gasteiger charge is -2.25. The number of carbonyl (C=O) groups excluding carboxylic acids is 1. The Balaban J connectivity index is 1.62. The first kappa shape index (κ1) is 28.3. The van der Waals surface area contributed by atoms with Gasteiger partial charge in [0.15, 0.2) is 17.2 Å². The molecule has 2 heterocycles. The van der Waals surface area contributed by atoms with E-state index in [-0.39, 0.29) is 25.9 Å². The number of hydrogen-bond donors (Lipinski definition) is 2. The zero-order chi connectivity index (χ0) is 29.3. The Labute approximate surface area is 246 Å². The minimum atomic E-state index is -1.19. The number of halogens is 3. The molecule has 0 unspecified atom stereocenters. The van der Waals surface area contributed by atoms with Crippen molar-refractivity contribution >= 4 is 58.2 Å². The summed E-state index contributed by atoms with van der Waals surface area (Å²) in [6, 6.07) is 16.6. The third kappa shape index (κ3) is 5.95. The predicted octanol–water partition coefficient (Wildman–Crippen LogP) is 4.78. The smallest absolute Gasteiger partial charge is 0.341 e. The molecule has 0 saturated heterocycles. The summed E-state index contributed by atoms with van der Waals surface area (Å²) in [5.74, 6) is -2.08. The molecule has 1 atom stereocenters. The van der Waals surface area contributed by atoms with Gasteiger partial charge in [0.05, 0.1) is 31.9 Å². The molecule has 5 rings (SSSR count). The highest BCUT2D eigenvalue weighted by Gasteiger charge is 2.32. The average Bonchev–Trinajstić information content (AvgIpc) is 3.22. The van der Waals surface area contributed by atoms with Crippen LogP contribution in [0.15, 0.2) is 87.8 Å². The molecule has 4 aromatic rings. The lowest BCUT2D eigenvalue weighted by Crippen LogP contribution is -2.40. The van der Waals surface area contributed by atoms with Gasteiger partial charge in [0.2, 0.25) is 0 Å². The Bertz CT molecular complexity index is 1860. The number of amides is 1. The highest BCUT2D eigenvalue weighted by molar-refractivity contribution is 7.07. The molecule has 1 aromatic heterocycles. The van der Waals surface area contributed by atoms with Crippen molar-refractivity contribution in [3.63, 3.8) is 0 Å². The topological polar surface area (TPSA) is 110 Å². The Hall–Kier alpha value is -4.25. The lowest BCUT2D eigenvalue weighted by atomic mass is 9.95. The molecule has 1 aliphatic heterocycles. The number of anilines is 1. The van der Waals surface area contributed by atoms with Crippen LogP contribution >= 0.6 is 34.5 Å². The standard InChI is InChI=1S/C29H20Cl2FN3O5S/c1-15-24(27(38)34-19-5-3-2-4-6-19)25(17-7-9-18(32)10-8-17)35-28(39)22(41-29(35)33-15)13-16-11-20(30)26(21(31)12-16)40-14-23(36)37/h2-13,25H,14H2,1H3,(H,34,38)(H,36,37)/b22-13-/t25-/m0/s1. The number of carbonyl (C=O) groups is 2. The summed E-state index contributed by atoms with van der Waals surface area (Å²) >= 11 is 13.7. The van der Waals surface area contributed by atoms with Gasteiger partial charge in [-0.15, -0.1) is 0 Å². The Morgan fingerprint density at radius 1 is 1.12 bits per heavy atom. The van der Waals surface area contributed by atoms with Crippen LogP contribution in [0, 0.1) is 5.82 Å². The SMILES string of the molecule is CC1=C(C(=O)Nc2ccccc2)[C@H](c2ccc(F)cc2)n2c(s/c(=C\c3cc(Cl)c(OCC(=O)O)c(Cl)c3)c2=O)=N1. The van der Waals surface area contributed by atoms with Crippen LogP contribution < -0.4 is 24.9 Å². The van der Waals surface area contributed by atoms with Crippen LogP contribution in [-0.4, -0.2) is 28.2 Å². The van der Waals surface area contributed by atoms with Crippen LogP contribution in [0.3, 0.4) is 0 Å². The minimum absolute atomic E-state index is 0.00958. The number of hydrogen-bond acceptors (Lipinski definition) is 6. The number of nitrogens with one attached hydrogen (secondary N) is 1. The van der Waals surface area contributed by atoms with Crippen LogP contribution in [0.5, 0.6) is 5.75 Å². The fourth-order valence-electron chi connectivity index (χ4n) is 4.38. The van der Waals surface area contributed by atoms with Gasteiger partial charge in [-0.2, -0.15) is 0 Å². The lowest BCUT2D eigenvalue weighted by molar-refractivity contribution is -0.139. The van der Waals surface area contributed by atoms with E-state index in [2.05, 4.69) is 10.3 Å². The first-order chi connectivity index (χ1) is 19.6. The van der Waals surface area contributed by atoms with Gasteiger partial charge in [0.1, 0.15) is 5.82 Å². The molecule has 0 spiro atoms. The molecule has 41 heavy (non-hydrogen) atoms. The van der Waals surface area contributed by atoms with Crippen LogP contribution in [0.2, 0.25) is 10.0 Å². The van der Waals surface area contributed by atoms with Crippen molar-refractivity contribution in [1.82, 2.24) is 4.57 Å². The number of fused-ring (bicyclic) bond motifs is 1. The zero-order valence-corrected chi connectivity index (χ0v) is 23.6. The molecule has 0 saturated carbocycles. The third-order valence-corrected chi connectivity index (χ3v) is 7.69. The fraction of sp³-hybridized carbons (Fsp3) is 0.103. The van der Waals surface area contributed by atoms with E-state index in [1.165, 1.54) is 41.0 Å². The molecule has 1 aliphatic rings. The Kier molecular flexibility index (Phi) is 8.07. The molecule has 3 aromatic carbocycles. The highest BCUT2D eigenvalue weighted by atomic mass is 35.5. The molecule has 2 N–H and O–H groups in total. The minimum Gasteiger partial charge on any atom is -0.479 e. The number of ether oxygens (including phenoxy) is 1. The largest absolute Gasteiger partial charge is 0.479 e. The molecule has 208 valence electrons. The van der Waals surface area contributed by atoms with E-state index in [0.29, 0.717) is 27.3 Å². The number of carboxylic acid groups (broad SMARTS) is 1. The summed E-state index contributed by atoms with van der Waals surface area (Å²) in [6.45, 7) is 1.06. The monoisotopic (exact) mass is 611 g/mol. The number of rotatable bonds is 7. The second-order valence-corrected chi connectivity index (χ2v) is 10.8. The van der Waals surface area contributed by atoms with E-state index < -0.39 is 35.9 Å². The van der Waals surface area contributed by atoms with Crippen molar-refractivity contribution in [1.29, 1.82) is 0 Å². The summed E-state index contributed by atoms with van der Waals surface area (Å²) in [4.78, 5) is 43.1. The Morgan fingerprint density at radius 3 is 2.41 bits per heavy atom.